The van der Waals surface area contributed by atoms with Crippen molar-refractivity contribution in [2.24, 2.45) is 0 Å². The molecule has 2 fully saturated rings. The Morgan fingerprint density at radius 3 is 2.71 bits per heavy atom. The van der Waals surface area contributed by atoms with Crippen LogP contribution in [-0.4, -0.2) is 104 Å². The van der Waals surface area contributed by atoms with E-state index in [1.807, 2.05) is 25.2 Å². The minimum atomic E-state index is -0.807. The lowest BCUT2D eigenvalue weighted by Gasteiger charge is -2.41. The number of methoxy groups -OCH3 is 1. The van der Waals surface area contributed by atoms with Gasteiger partial charge in [0.1, 0.15) is 6.61 Å². The van der Waals surface area contributed by atoms with Crippen LogP contribution < -0.4 is 14.4 Å². The maximum Gasteiger partial charge on any atom is 0.225 e. The number of piperidine rings is 1. The van der Waals surface area contributed by atoms with Crippen molar-refractivity contribution in [3.05, 3.63) is 42.2 Å². The summed E-state index contributed by atoms with van der Waals surface area (Å²) in [5, 5.41) is 11.3. The molecule has 0 amide bonds. The third-order valence-corrected chi connectivity index (χ3v) is 6.40. The molecule has 1 aromatic carbocycles. The molecule has 0 unspecified atom stereocenters. The fraction of sp³-hybridized carbons (Fsp3) is 0.600. The van der Waals surface area contributed by atoms with Gasteiger partial charge >= 0.3 is 0 Å². The zero-order chi connectivity index (χ0) is 23.8. The number of nitrogens with zero attached hydrogens (tertiary/aromatic N) is 5. The second-order valence-electron chi connectivity index (χ2n) is 9.26. The van der Waals surface area contributed by atoms with Gasteiger partial charge in [-0.2, -0.15) is 0 Å². The van der Waals surface area contributed by atoms with Crippen LogP contribution in [0.25, 0.3) is 0 Å². The van der Waals surface area contributed by atoms with E-state index in [1.54, 1.807) is 19.5 Å². The van der Waals surface area contributed by atoms with Gasteiger partial charge in [-0.15, -0.1) is 0 Å². The van der Waals surface area contributed by atoms with Gasteiger partial charge < -0.3 is 24.2 Å². The van der Waals surface area contributed by atoms with Crippen molar-refractivity contribution in [2.45, 2.75) is 25.0 Å². The highest BCUT2D eigenvalue weighted by atomic mass is 16.5. The third-order valence-electron chi connectivity index (χ3n) is 6.40. The number of likely N-dealkylation sites (N-methyl/N-ethyl adjacent to an activating group) is 1. The normalized spacial score (nSPS) is 21.6. The van der Waals surface area contributed by atoms with Crippen molar-refractivity contribution in [3.63, 3.8) is 0 Å². The summed E-state index contributed by atoms with van der Waals surface area (Å²) in [5.74, 6) is 2.17. The van der Waals surface area contributed by atoms with Gasteiger partial charge in [0.15, 0.2) is 11.5 Å². The summed E-state index contributed by atoms with van der Waals surface area (Å²) in [5.41, 5.74) is 0.307. The fourth-order valence-corrected chi connectivity index (χ4v) is 4.78. The zero-order valence-electron chi connectivity index (χ0n) is 20.4. The van der Waals surface area contributed by atoms with E-state index in [0.29, 0.717) is 32.2 Å². The molecule has 9 nitrogen and oxygen atoms in total. The molecule has 9 heteroatoms. The highest BCUT2D eigenvalue weighted by molar-refractivity contribution is 5.43. The second kappa shape index (κ2) is 11.8. The minimum Gasteiger partial charge on any atom is -0.493 e. The largest absolute Gasteiger partial charge is 0.493 e. The first-order valence-corrected chi connectivity index (χ1v) is 12.1. The van der Waals surface area contributed by atoms with E-state index >= 15 is 0 Å². The van der Waals surface area contributed by atoms with Gasteiger partial charge in [0.2, 0.25) is 5.95 Å². The van der Waals surface area contributed by atoms with Gasteiger partial charge in [0.25, 0.3) is 0 Å². The minimum absolute atomic E-state index is 0.528. The molecule has 34 heavy (non-hydrogen) atoms. The number of hydrogen-bond donors (Lipinski definition) is 1. The van der Waals surface area contributed by atoms with Crippen LogP contribution in [0.3, 0.4) is 0 Å². The summed E-state index contributed by atoms with van der Waals surface area (Å²) >= 11 is 0. The summed E-state index contributed by atoms with van der Waals surface area (Å²) < 4.78 is 17.0. The molecule has 2 aliphatic rings. The molecule has 2 aromatic rings. The second-order valence-corrected chi connectivity index (χ2v) is 9.26. The topological polar surface area (TPSA) is 83.4 Å². The molecule has 4 rings (SSSR count). The molecule has 0 aliphatic carbocycles. The number of ether oxygens (including phenoxy) is 3. The number of hydrogen-bond acceptors (Lipinski definition) is 9. The zero-order valence-corrected chi connectivity index (χ0v) is 20.4. The van der Waals surface area contributed by atoms with Crippen LogP contribution in [0.15, 0.2) is 36.7 Å². The lowest BCUT2D eigenvalue weighted by Crippen LogP contribution is -2.54. The third kappa shape index (κ3) is 6.79. The SMILES string of the molecule is COc1cc(CN(C)C[C@@]2(O)CCCN(c3ncccn3)C2)ccc1OCCN1CCOCC1. The Hall–Kier alpha value is -2.46. The lowest BCUT2D eigenvalue weighted by molar-refractivity contribution is -0.00367. The predicted octanol–water partition coefficient (Wildman–Crippen LogP) is 1.66. The van der Waals surface area contributed by atoms with Gasteiger partial charge in [-0.05, 0) is 43.7 Å². The number of aliphatic hydroxyl groups is 1. The molecule has 0 saturated carbocycles. The van der Waals surface area contributed by atoms with E-state index < -0.39 is 5.60 Å². The van der Waals surface area contributed by atoms with E-state index in [-0.39, 0.29) is 0 Å². The summed E-state index contributed by atoms with van der Waals surface area (Å²) in [7, 11) is 3.71. The van der Waals surface area contributed by atoms with Crippen LogP contribution >= 0.6 is 0 Å². The summed E-state index contributed by atoms with van der Waals surface area (Å²) in [6, 6.07) is 7.88. The standard InChI is InChI=1S/C25H37N5O4/c1-28(19-25(31)7-3-10-30(20-25)24-26-8-4-9-27-24)18-21-5-6-22(23(17-21)32-2)34-16-13-29-11-14-33-15-12-29/h4-6,8-9,17,31H,3,7,10-16,18-20H2,1-2H3/t25-/m0/s1. The van der Waals surface area contributed by atoms with Crippen LogP contribution in [0.1, 0.15) is 18.4 Å². The van der Waals surface area contributed by atoms with Gasteiger partial charge in [-0.25, -0.2) is 9.97 Å². The first kappa shape index (κ1) is 24.7. The van der Waals surface area contributed by atoms with E-state index in [2.05, 4.69) is 30.7 Å². The van der Waals surface area contributed by atoms with Crippen LogP contribution in [-0.2, 0) is 11.3 Å². The van der Waals surface area contributed by atoms with E-state index in [0.717, 1.165) is 69.3 Å². The monoisotopic (exact) mass is 471 g/mol. The molecule has 0 radical (unpaired) electrons. The van der Waals surface area contributed by atoms with Crippen molar-refractivity contribution >= 4 is 5.95 Å². The summed E-state index contributed by atoms with van der Waals surface area (Å²) in [6.45, 7) is 7.64. The summed E-state index contributed by atoms with van der Waals surface area (Å²) in [4.78, 5) is 15.3. The molecule has 1 atom stereocenters. The number of aromatic nitrogens is 2. The van der Waals surface area contributed by atoms with Crippen molar-refractivity contribution in [2.75, 3.05) is 78.1 Å². The van der Waals surface area contributed by atoms with Crippen molar-refractivity contribution < 1.29 is 19.3 Å². The number of anilines is 1. The molecule has 1 aromatic heterocycles. The van der Waals surface area contributed by atoms with Gasteiger partial charge in [0, 0.05) is 51.7 Å². The van der Waals surface area contributed by atoms with Gasteiger partial charge in [-0.1, -0.05) is 6.07 Å². The lowest BCUT2D eigenvalue weighted by atomic mass is 9.92. The molecule has 3 heterocycles. The molecule has 2 saturated heterocycles. The number of morpholine rings is 1. The highest BCUT2D eigenvalue weighted by Gasteiger charge is 2.35. The Labute approximate surface area is 202 Å². The van der Waals surface area contributed by atoms with Crippen molar-refractivity contribution in [1.82, 2.24) is 19.8 Å². The van der Waals surface area contributed by atoms with Crippen LogP contribution in [0.2, 0.25) is 0 Å². The average molecular weight is 472 g/mol. The quantitative estimate of drug-likeness (QED) is 0.556. The molecule has 1 N–H and O–H groups in total. The Balaban J connectivity index is 1.30. The number of β-amino-alcohol motifs (C(OH)–C–C–N with tert-alkyl or cyclic N) is 1. The number of benzene rings is 1. The Kier molecular flexibility index (Phi) is 8.55. The van der Waals surface area contributed by atoms with Crippen molar-refractivity contribution in [3.8, 4) is 11.5 Å². The summed E-state index contributed by atoms with van der Waals surface area (Å²) in [6.07, 6.45) is 5.16. The highest BCUT2D eigenvalue weighted by Crippen LogP contribution is 2.29. The van der Waals surface area contributed by atoms with Crippen molar-refractivity contribution in [1.29, 1.82) is 0 Å². The molecule has 186 valence electrons. The van der Waals surface area contributed by atoms with Crippen LogP contribution in [0.5, 0.6) is 11.5 Å². The average Bonchev–Trinajstić information content (AvgIpc) is 2.85. The predicted molar refractivity (Wildman–Crippen MR) is 131 cm³/mol. The molecular formula is C25H37N5O4. The Morgan fingerprint density at radius 1 is 1.15 bits per heavy atom. The molecule has 0 spiro atoms. The molecule has 2 aliphatic heterocycles. The Bertz CT molecular complexity index is 896. The first-order chi connectivity index (χ1) is 16.5. The smallest absolute Gasteiger partial charge is 0.225 e. The van der Waals surface area contributed by atoms with E-state index in [4.69, 9.17) is 14.2 Å². The van der Waals surface area contributed by atoms with Crippen LogP contribution in [0.4, 0.5) is 5.95 Å². The van der Waals surface area contributed by atoms with Gasteiger partial charge in [0.05, 0.1) is 32.5 Å². The fourth-order valence-electron chi connectivity index (χ4n) is 4.78. The van der Waals surface area contributed by atoms with Crippen LogP contribution in [0, 0.1) is 0 Å². The maximum absolute atomic E-state index is 11.3. The van der Waals surface area contributed by atoms with E-state index in [1.165, 1.54) is 0 Å². The van der Waals surface area contributed by atoms with E-state index in [9.17, 15) is 5.11 Å². The number of rotatable bonds is 10. The first-order valence-electron chi connectivity index (χ1n) is 12.1. The Morgan fingerprint density at radius 2 is 1.94 bits per heavy atom. The van der Waals surface area contributed by atoms with Gasteiger partial charge in [-0.3, -0.25) is 9.80 Å². The molecular weight excluding hydrogens is 434 g/mol. The maximum atomic E-state index is 11.3. The molecule has 0 bridgehead atoms.